The largest absolute Gasteiger partial charge is 0.390 e. The molecule has 5 rings (SSSR count). The molecule has 152 valence electrons. The fraction of sp³-hybridized carbons (Fsp3) is 0.182. The topological polar surface area (TPSA) is 111 Å². The molecule has 2 heterocycles. The van der Waals surface area contributed by atoms with Crippen molar-refractivity contribution in [2.75, 3.05) is 0 Å². The normalized spacial score (nSPS) is 16.1. The molecule has 0 spiro atoms. The highest BCUT2D eigenvalue weighted by atomic mass is 32.2. The number of aliphatic hydroxyl groups excluding tert-OH is 1. The molecular weight excluding hydrogens is 400 g/mol. The van der Waals surface area contributed by atoms with Crippen LogP contribution in [0.5, 0.6) is 0 Å². The Bertz CT molecular complexity index is 1350. The number of hydrogen-bond acceptors (Lipinski definition) is 6. The molecule has 0 fully saturated rings. The second kappa shape index (κ2) is 7.02. The first-order valence-electron chi connectivity index (χ1n) is 9.66. The average molecular weight is 420 g/mol. The summed E-state index contributed by atoms with van der Waals surface area (Å²) in [6.07, 6.45) is 4.58. The minimum atomic E-state index is -3.88. The highest BCUT2D eigenvalue weighted by Gasteiger charge is 2.28. The van der Waals surface area contributed by atoms with Crippen LogP contribution in [-0.4, -0.2) is 27.5 Å². The average Bonchev–Trinajstić information content (AvgIpc) is 3.35. The first-order chi connectivity index (χ1) is 14.5. The van der Waals surface area contributed by atoms with Gasteiger partial charge in [0.15, 0.2) is 0 Å². The van der Waals surface area contributed by atoms with Crippen molar-refractivity contribution in [3.8, 4) is 11.4 Å². The Morgan fingerprint density at radius 3 is 2.60 bits per heavy atom. The summed E-state index contributed by atoms with van der Waals surface area (Å²) in [5, 5.41) is 10.1. The van der Waals surface area contributed by atoms with Gasteiger partial charge >= 0.3 is 0 Å². The Morgan fingerprint density at radius 1 is 1.10 bits per heavy atom. The molecule has 0 amide bonds. The lowest BCUT2D eigenvalue weighted by molar-refractivity contribution is 0.276. The predicted octanol–water partition coefficient (Wildman–Crippen LogP) is 2.77. The van der Waals surface area contributed by atoms with Gasteiger partial charge in [-0.25, -0.2) is 12.4 Å². The van der Waals surface area contributed by atoms with Gasteiger partial charge in [0.05, 0.1) is 40.8 Å². The summed E-state index contributed by atoms with van der Waals surface area (Å²) in [7, 11) is -3.88. The molecule has 3 N–H and O–H groups in total. The summed E-state index contributed by atoms with van der Waals surface area (Å²) in [6, 6.07) is 13.9. The third kappa shape index (κ3) is 2.84. The highest BCUT2D eigenvalue weighted by Crippen LogP contribution is 2.39. The van der Waals surface area contributed by atoms with Gasteiger partial charge < -0.3 is 10.8 Å². The SMILES string of the molecule is NC1CCc2c1ccc1c2cc(-c2cnc(CO)cn2)n1S(=O)(=O)c1ccccc1. The summed E-state index contributed by atoms with van der Waals surface area (Å²) in [6.45, 7) is -0.232. The van der Waals surface area contributed by atoms with Crippen LogP contribution in [0, 0.1) is 0 Å². The summed E-state index contributed by atoms with van der Waals surface area (Å²) in [4.78, 5) is 8.74. The van der Waals surface area contributed by atoms with Crippen molar-refractivity contribution < 1.29 is 13.5 Å². The third-order valence-electron chi connectivity index (χ3n) is 5.60. The van der Waals surface area contributed by atoms with Gasteiger partial charge in [-0.2, -0.15) is 0 Å². The van der Waals surface area contributed by atoms with Crippen LogP contribution < -0.4 is 5.73 Å². The standard InChI is InChI=1S/C22H20N4O3S/c23-19-8-6-16-17(19)7-9-21-18(16)10-22(20-12-24-14(13-27)11-25-20)26(21)30(28,29)15-4-2-1-3-5-15/h1-5,7,9-12,19,27H,6,8,13,23H2. The minimum Gasteiger partial charge on any atom is -0.390 e. The molecule has 1 aliphatic carbocycles. The first-order valence-corrected chi connectivity index (χ1v) is 11.1. The van der Waals surface area contributed by atoms with Crippen LogP contribution in [0.3, 0.4) is 0 Å². The van der Waals surface area contributed by atoms with Gasteiger partial charge in [0.1, 0.15) is 5.69 Å². The number of aromatic nitrogens is 3. The maximum atomic E-state index is 13.6. The molecule has 30 heavy (non-hydrogen) atoms. The number of nitrogens with zero attached hydrogens (tertiary/aromatic N) is 3. The zero-order valence-corrected chi connectivity index (χ0v) is 16.9. The number of rotatable bonds is 4. The lowest BCUT2D eigenvalue weighted by atomic mass is 10.0. The van der Waals surface area contributed by atoms with Crippen molar-refractivity contribution in [2.45, 2.75) is 30.4 Å². The van der Waals surface area contributed by atoms with E-state index in [2.05, 4.69) is 9.97 Å². The molecule has 1 aliphatic rings. The maximum absolute atomic E-state index is 13.6. The molecule has 4 aromatic rings. The molecular formula is C22H20N4O3S. The number of benzene rings is 2. The minimum absolute atomic E-state index is 0.0365. The lowest BCUT2D eigenvalue weighted by Crippen LogP contribution is -2.14. The van der Waals surface area contributed by atoms with Crippen molar-refractivity contribution in [1.82, 2.24) is 13.9 Å². The van der Waals surface area contributed by atoms with Gasteiger partial charge in [0.2, 0.25) is 0 Å². The predicted molar refractivity (Wildman–Crippen MR) is 113 cm³/mol. The van der Waals surface area contributed by atoms with E-state index in [1.807, 2.05) is 18.2 Å². The number of aliphatic hydroxyl groups is 1. The van der Waals surface area contributed by atoms with Crippen LogP contribution in [0.4, 0.5) is 0 Å². The van der Waals surface area contributed by atoms with E-state index in [-0.39, 0.29) is 17.5 Å². The van der Waals surface area contributed by atoms with Crippen molar-refractivity contribution >= 4 is 20.9 Å². The van der Waals surface area contributed by atoms with E-state index in [1.165, 1.54) is 16.4 Å². The van der Waals surface area contributed by atoms with E-state index in [0.717, 1.165) is 29.4 Å². The van der Waals surface area contributed by atoms with Crippen molar-refractivity contribution in [3.63, 3.8) is 0 Å². The zero-order valence-electron chi connectivity index (χ0n) is 16.1. The second-order valence-electron chi connectivity index (χ2n) is 7.37. The molecule has 2 aromatic carbocycles. The zero-order chi connectivity index (χ0) is 20.9. The van der Waals surface area contributed by atoms with Gasteiger partial charge in [-0.3, -0.25) is 9.97 Å². The summed E-state index contributed by atoms with van der Waals surface area (Å²) in [5.41, 5.74) is 10.2. The fourth-order valence-corrected chi connectivity index (χ4v) is 5.65. The molecule has 0 saturated carbocycles. The van der Waals surface area contributed by atoms with E-state index in [1.54, 1.807) is 30.3 Å². The molecule has 0 radical (unpaired) electrons. The van der Waals surface area contributed by atoms with Gasteiger partial charge in [0, 0.05) is 11.4 Å². The molecule has 0 saturated heterocycles. The number of fused-ring (bicyclic) bond motifs is 3. The van der Waals surface area contributed by atoms with E-state index in [0.29, 0.717) is 22.6 Å². The van der Waals surface area contributed by atoms with Crippen LogP contribution >= 0.6 is 0 Å². The Labute approximate surface area is 173 Å². The van der Waals surface area contributed by atoms with E-state index in [4.69, 9.17) is 5.73 Å². The Balaban J connectivity index is 1.83. The Kier molecular flexibility index (Phi) is 4.43. The number of hydrogen-bond donors (Lipinski definition) is 2. The van der Waals surface area contributed by atoms with Crippen LogP contribution in [0.1, 0.15) is 29.3 Å². The van der Waals surface area contributed by atoms with Crippen molar-refractivity contribution in [3.05, 3.63) is 77.7 Å². The van der Waals surface area contributed by atoms with Gasteiger partial charge in [-0.05, 0) is 48.2 Å². The third-order valence-corrected chi connectivity index (χ3v) is 7.35. The molecule has 8 heteroatoms. The van der Waals surface area contributed by atoms with Crippen molar-refractivity contribution in [2.24, 2.45) is 5.73 Å². The molecule has 1 unspecified atom stereocenters. The van der Waals surface area contributed by atoms with Gasteiger partial charge in [0.25, 0.3) is 10.0 Å². The maximum Gasteiger partial charge on any atom is 0.268 e. The summed E-state index contributed by atoms with van der Waals surface area (Å²) in [5.74, 6) is 0. The number of aryl methyl sites for hydroxylation is 1. The van der Waals surface area contributed by atoms with Gasteiger partial charge in [-0.1, -0.05) is 24.3 Å². The lowest BCUT2D eigenvalue weighted by Gasteiger charge is -2.12. The van der Waals surface area contributed by atoms with Crippen molar-refractivity contribution in [1.29, 1.82) is 0 Å². The fourth-order valence-electron chi connectivity index (χ4n) is 4.12. The first kappa shape index (κ1) is 18.9. The Morgan fingerprint density at radius 2 is 1.90 bits per heavy atom. The van der Waals surface area contributed by atoms with Gasteiger partial charge in [-0.15, -0.1) is 0 Å². The molecule has 0 aliphatic heterocycles. The van der Waals surface area contributed by atoms with E-state index < -0.39 is 10.0 Å². The van der Waals surface area contributed by atoms with Crippen LogP contribution in [0.2, 0.25) is 0 Å². The molecule has 2 aromatic heterocycles. The monoisotopic (exact) mass is 420 g/mol. The molecule has 0 bridgehead atoms. The van der Waals surface area contributed by atoms with Crippen LogP contribution in [-0.2, 0) is 23.1 Å². The summed E-state index contributed by atoms with van der Waals surface area (Å²) < 4.78 is 28.6. The second-order valence-corrected chi connectivity index (χ2v) is 9.16. The number of nitrogens with two attached hydrogens (primary N) is 1. The van der Waals surface area contributed by atoms with E-state index >= 15 is 0 Å². The van der Waals surface area contributed by atoms with E-state index in [9.17, 15) is 13.5 Å². The quantitative estimate of drug-likeness (QED) is 0.525. The Hall–Kier alpha value is -3.07. The highest BCUT2D eigenvalue weighted by molar-refractivity contribution is 7.90. The summed E-state index contributed by atoms with van der Waals surface area (Å²) >= 11 is 0. The molecule has 7 nitrogen and oxygen atoms in total. The van der Waals surface area contributed by atoms with Crippen LogP contribution in [0.25, 0.3) is 22.3 Å². The van der Waals surface area contributed by atoms with Crippen LogP contribution in [0.15, 0.2) is 65.8 Å². The molecule has 1 atom stereocenters. The smallest absolute Gasteiger partial charge is 0.268 e.